The van der Waals surface area contributed by atoms with E-state index in [0.29, 0.717) is 16.6 Å². The van der Waals surface area contributed by atoms with Crippen molar-refractivity contribution in [3.05, 3.63) is 57.5 Å². The summed E-state index contributed by atoms with van der Waals surface area (Å²) in [5, 5.41) is 9.21. The summed E-state index contributed by atoms with van der Waals surface area (Å²) in [5.74, 6) is -0.831. The Kier molecular flexibility index (Phi) is 6.04. The van der Waals surface area contributed by atoms with Gasteiger partial charge in [-0.3, -0.25) is 9.59 Å². The minimum Gasteiger partial charge on any atom is -0.496 e. The van der Waals surface area contributed by atoms with Crippen LogP contribution in [0.1, 0.15) is 44.0 Å². The molecule has 1 heterocycles. The molecule has 2 aromatic carbocycles. The van der Waals surface area contributed by atoms with Gasteiger partial charge in [-0.15, -0.1) is 0 Å². The molecular weight excluding hydrogens is 425 g/mol. The average Bonchev–Trinajstić information content (AvgIpc) is 2.69. The predicted molar refractivity (Wildman–Crippen MR) is 114 cm³/mol. The highest BCUT2D eigenvalue weighted by Gasteiger charge is 2.31. The maximum Gasteiger partial charge on any atom is 0.416 e. The normalized spacial score (nSPS) is 12.2. The lowest BCUT2D eigenvalue weighted by Crippen LogP contribution is -2.27. The van der Waals surface area contributed by atoms with Gasteiger partial charge in [0.15, 0.2) is 0 Å². The molecule has 0 aliphatic heterocycles. The number of aliphatic carboxylic acids is 1. The third-order valence-electron chi connectivity index (χ3n) is 5.04. The zero-order valence-corrected chi connectivity index (χ0v) is 18.1. The first-order valence-corrected chi connectivity index (χ1v) is 9.86. The number of alkyl halides is 3. The second-order valence-electron chi connectivity index (χ2n) is 8.47. The van der Waals surface area contributed by atoms with Crippen LogP contribution in [-0.2, 0) is 22.8 Å². The van der Waals surface area contributed by atoms with Crippen LogP contribution >= 0.6 is 0 Å². The van der Waals surface area contributed by atoms with Gasteiger partial charge in [0.05, 0.1) is 23.7 Å². The van der Waals surface area contributed by atoms with E-state index in [2.05, 4.69) is 9.97 Å². The van der Waals surface area contributed by atoms with E-state index in [-0.39, 0.29) is 35.4 Å². The van der Waals surface area contributed by atoms with Crippen LogP contribution in [0.5, 0.6) is 5.75 Å². The van der Waals surface area contributed by atoms with Gasteiger partial charge in [-0.1, -0.05) is 32.9 Å². The molecule has 0 spiro atoms. The molecule has 32 heavy (non-hydrogen) atoms. The summed E-state index contributed by atoms with van der Waals surface area (Å²) in [6.07, 6.45) is -4.77. The first-order valence-electron chi connectivity index (χ1n) is 9.86. The number of ether oxygens (including phenoxy) is 1. The van der Waals surface area contributed by atoms with Crippen molar-refractivity contribution in [2.75, 3.05) is 7.11 Å². The molecule has 3 rings (SSSR count). The maximum atomic E-state index is 13.3. The fraction of sp³-hybridized carbons (Fsp3) is 0.348. The highest BCUT2D eigenvalue weighted by molar-refractivity contribution is 5.90. The monoisotopic (exact) mass is 448 g/mol. The molecule has 0 saturated carbocycles. The number of fused-ring (bicyclic) bond motifs is 1. The van der Waals surface area contributed by atoms with E-state index < -0.39 is 28.7 Å². The Morgan fingerprint density at radius 3 is 2.44 bits per heavy atom. The SMILES string of the molecule is COc1c(-c2cccc(C(F)(F)F)c2)cc2[nH]c(=O)c(C(C)(C)C)nc2c1CCC(=O)O. The first kappa shape index (κ1) is 23.3. The Labute approximate surface area is 182 Å². The summed E-state index contributed by atoms with van der Waals surface area (Å²) in [4.78, 5) is 31.2. The molecule has 0 saturated heterocycles. The molecule has 0 unspecified atom stereocenters. The quantitative estimate of drug-likeness (QED) is 0.577. The van der Waals surface area contributed by atoms with Crippen molar-refractivity contribution in [2.45, 2.75) is 45.2 Å². The highest BCUT2D eigenvalue weighted by atomic mass is 19.4. The van der Waals surface area contributed by atoms with Crippen LogP contribution < -0.4 is 10.3 Å². The van der Waals surface area contributed by atoms with E-state index >= 15 is 0 Å². The van der Waals surface area contributed by atoms with Gasteiger partial charge in [-0.2, -0.15) is 13.2 Å². The molecule has 0 amide bonds. The molecule has 1 aromatic heterocycles. The van der Waals surface area contributed by atoms with Crippen LogP contribution in [0.3, 0.4) is 0 Å². The minimum absolute atomic E-state index is 0.0183. The molecule has 2 N–H and O–H groups in total. The van der Waals surface area contributed by atoms with Gasteiger partial charge in [0.1, 0.15) is 11.4 Å². The molecule has 9 heteroatoms. The Bertz CT molecular complexity index is 1240. The molecule has 0 fully saturated rings. The number of aromatic nitrogens is 2. The Morgan fingerprint density at radius 1 is 1.19 bits per heavy atom. The largest absolute Gasteiger partial charge is 0.496 e. The molecule has 170 valence electrons. The van der Waals surface area contributed by atoms with Gasteiger partial charge in [0.2, 0.25) is 0 Å². The smallest absolute Gasteiger partial charge is 0.416 e. The average molecular weight is 448 g/mol. The topological polar surface area (TPSA) is 92.3 Å². The summed E-state index contributed by atoms with van der Waals surface area (Å²) in [6.45, 7) is 5.46. The number of carboxylic acid groups (broad SMARTS) is 1. The van der Waals surface area contributed by atoms with Gasteiger partial charge in [0, 0.05) is 23.0 Å². The van der Waals surface area contributed by atoms with Crippen molar-refractivity contribution >= 4 is 17.0 Å². The second kappa shape index (κ2) is 8.29. The number of carboxylic acids is 1. The van der Waals surface area contributed by atoms with Crippen molar-refractivity contribution in [3.8, 4) is 16.9 Å². The summed E-state index contributed by atoms with van der Waals surface area (Å²) < 4.78 is 45.3. The number of aromatic amines is 1. The zero-order valence-electron chi connectivity index (χ0n) is 18.1. The van der Waals surface area contributed by atoms with Gasteiger partial charge >= 0.3 is 12.1 Å². The predicted octanol–water partition coefficient (Wildman–Crippen LogP) is 4.93. The van der Waals surface area contributed by atoms with Gasteiger partial charge in [-0.25, -0.2) is 4.98 Å². The fourth-order valence-electron chi connectivity index (χ4n) is 3.56. The van der Waals surface area contributed by atoms with E-state index in [9.17, 15) is 27.9 Å². The Balaban J connectivity index is 2.38. The molecule has 0 radical (unpaired) electrons. The number of hydrogen-bond acceptors (Lipinski definition) is 4. The molecular formula is C23H23F3N2O4. The third kappa shape index (κ3) is 4.61. The summed E-state index contributed by atoms with van der Waals surface area (Å²) in [7, 11) is 1.36. The third-order valence-corrected chi connectivity index (χ3v) is 5.04. The number of hydrogen-bond donors (Lipinski definition) is 2. The number of H-pyrrole nitrogens is 1. The van der Waals surface area contributed by atoms with Gasteiger partial charge in [-0.05, 0) is 30.2 Å². The van der Waals surface area contributed by atoms with Crippen molar-refractivity contribution in [2.24, 2.45) is 0 Å². The van der Waals surface area contributed by atoms with E-state index in [0.717, 1.165) is 12.1 Å². The summed E-state index contributed by atoms with van der Waals surface area (Å²) in [6, 6.07) is 6.23. The number of aryl methyl sites for hydroxylation is 1. The van der Waals surface area contributed by atoms with E-state index in [1.54, 1.807) is 0 Å². The molecule has 0 atom stereocenters. The molecule has 0 aliphatic rings. The van der Waals surface area contributed by atoms with Gasteiger partial charge in [0.25, 0.3) is 5.56 Å². The molecule has 6 nitrogen and oxygen atoms in total. The lowest BCUT2D eigenvalue weighted by molar-refractivity contribution is -0.138. The number of halogens is 3. The maximum absolute atomic E-state index is 13.3. The van der Waals surface area contributed by atoms with Crippen LogP contribution in [-0.4, -0.2) is 28.2 Å². The van der Waals surface area contributed by atoms with Crippen molar-refractivity contribution in [3.63, 3.8) is 0 Å². The lowest BCUT2D eigenvalue weighted by atomic mass is 9.91. The molecule has 0 bridgehead atoms. The van der Waals surface area contributed by atoms with E-state index in [1.165, 1.54) is 25.3 Å². The van der Waals surface area contributed by atoms with Crippen molar-refractivity contribution in [1.29, 1.82) is 0 Å². The number of rotatable bonds is 5. The number of carbonyl (C=O) groups is 1. The van der Waals surface area contributed by atoms with Crippen LogP contribution in [0.4, 0.5) is 13.2 Å². The van der Waals surface area contributed by atoms with E-state index in [1.807, 2.05) is 20.8 Å². The van der Waals surface area contributed by atoms with Crippen molar-refractivity contribution < 1.29 is 27.8 Å². The fourth-order valence-corrected chi connectivity index (χ4v) is 3.56. The van der Waals surface area contributed by atoms with Crippen LogP contribution in [0.15, 0.2) is 35.1 Å². The van der Waals surface area contributed by atoms with Crippen LogP contribution in [0.2, 0.25) is 0 Å². The highest BCUT2D eigenvalue weighted by Crippen LogP contribution is 2.40. The van der Waals surface area contributed by atoms with Crippen LogP contribution in [0, 0.1) is 0 Å². The summed E-state index contributed by atoms with van der Waals surface area (Å²) >= 11 is 0. The second-order valence-corrected chi connectivity index (χ2v) is 8.47. The Hall–Kier alpha value is -3.36. The zero-order chi connectivity index (χ0) is 23.8. The summed E-state index contributed by atoms with van der Waals surface area (Å²) in [5.41, 5.74) is -0.0210. The lowest BCUT2D eigenvalue weighted by Gasteiger charge is -2.20. The Morgan fingerprint density at radius 2 is 1.88 bits per heavy atom. The van der Waals surface area contributed by atoms with Crippen molar-refractivity contribution in [1.82, 2.24) is 9.97 Å². The van der Waals surface area contributed by atoms with Gasteiger partial charge < -0.3 is 14.8 Å². The number of nitrogens with one attached hydrogen (secondary N) is 1. The number of benzene rings is 2. The number of nitrogens with zero attached hydrogens (tertiary/aromatic N) is 1. The standard InChI is InChI=1S/C23H23F3N2O4/c1-22(2,3)20-21(31)27-16-11-15(12-6-5-7-13(10-12)23(24,25)26)19(32-4)14(18(16)28-20)8-9-17(29)30/h5-7,10-11H,8-9H2,1-4H3,(H,27,31)(H,29,30). The molecule has 0 aliphatic carbocycles. The van der Waals surface area contributed by atoms with Crippen LogP contribution in [0.25, 0.3) is 22.2 Å². The first-order chi connectivity index (χ1) is 14.8. The minimum atomic E-state index is -4.54. The number of methoxy groups -OCH3 is 1. The molecule has 3 aromatic rings. The van der Waals surface area contributed by atoms with E-state index in [4.69, 9.17) is 4.74 Å².